The third kappa shape index (κ3) is 3.50. The molecule has 1 rings (SSSR count). The van der Waals surface area contributed by atoms with Crippen LogP contribution in [0.2, 0.25) is 0 Å². The maximum atomic E-state index is 13.7. The van der Waals surface area contributed by atoms with E-state index in [-0.39, 0.29) is 12.0 Å². The minimum absolute atomic E-state index is 0.0947. The predicted molar refractivity (Wildman–Crippen MR) is 64.7 cm³/mol. The Labute approximate surface area is 110 Å². The Morgan fingerprint density at radius 2 is 1.68 bits per heavy atom. The average Bonchev–Trinajstić information content (AvgIpc) is 2.11. The highest BCUT2D eigenvalue weighted by molar-refractivity contribution is 7.90. The summed E-state index contributed by atoms with van der Waals surface area (Å²) >= 11 is 0. The molecule has 1 aromatic rings. The molecule has 4 nitrogen and oxygen atoms in total. The number of rotatable bonds is 4. The van der Waals surface area contributed by atoms with Crippen LogP contribution in [0.25, 0.3) is 0 Å². The van der Waals surface area contributed by atoms with Crippen LogP contribution in [0.4, 0.5) is 8.78 Å². The van der Waals surface area contributed by atoms with Gasteiger partial charge in [-0.2, -0.15) is 0 Å². The zero-order valence-electron chi connectivity index (χ0n) is 10.7. The van der Waals surface area contributed by atoms with E-state index in [2.05, 4.69) is 0 Å². The molecule has 0 fully saturated rings. The summed E-state index contributed by atoms with van der Waals surface area (Å²) in [6.07, 6.45) is 0.376. The Kier molecular flexibility index (Phi) is 4.00. The van der Waals surface area contributed by atoms with Gasteiger partial charge in [-0.15, -0.1) is 0 Å². The third-order valence-corrected chi connectivity index (χ3v) is 3.88. The van der Waals surface area contributed by atoms with E-state index in [1.54, 1.807) is 0 Å². The number of halogens is 2. The molecule has 1 aromatic carbocycles. The van der Waals surface area contributed by atoms with Gasteiger partial charge in [-0.25, -0.2) is 17.2 Å². The molecule has 106 valence electrons. The van der Waals surface area contributed by atoms with E-state index in [9.17, 15) is 22.0 Å². The second-order valence-electron chi connectivity index (χ2n) is 5.00. The first-order valence-electron chi connectivity index (χ1n) is 5.36. The highest BCUT2D eigenvalue weighted by atomic mass is 32.2. The summed E-state index contributed by atoms with van der Waals surface area (Å²) in [5.74, 6) is -3.54. The van der Waals surface area contributed by atoms with E-state index in [0.29, 0.717) is 6.26 Å². The second kappa shape index (κ2) is 4.88. The Morgan fingerprint density at radius 1 is 1.26 bits per heavy atom. The number of hydrogen-bond donors (Lipinski definition) is 1. The molecule has 0 aliphatic carbocycles. The quantitative estimate of drug-likeness (QED) is 0.922. The molecule has 0 spiro atoms. The van der Waals surface area contributed by atoms with Crippen LogP contribution in [0.15, 0.2) is 17.0 Å². The van der Waals surface area contributed by atoms with E-state index < -0.39 is 37.8 Å². The molecular weight excluding hydrogens is 278 g/mol. The number of hydrogen-bond acceptors (Lipinski definition) is 3. The lowest BCUT2D eigenvalue weighted by Crippen LogP contribution is -2.22. The van der Waals surface area contributed by atoms with E-state index >= 15 is 0 Å². The van der Waals surface area contributed by atoms with E-state index in [4.69, 9.17) is 5.11 Å². The molecule has 0 saturated carbocycles. The summed E-state index contributed by atoms with van der Waals surface area (Å²) in [5, 5.41) is 8.75. The molecule has 0 amide bonds. The number of carboxylic acid groups (broad SMARTS) is 1. The van der Waals surface area contributed by atoms with Crippen molar-refractivity contribution in [3.8, 4) is 0 Å². The lowest BCUT2D eigenvalue weighted by molar-refractivity contribution is -0.138. The number of benzene rings is 1. The maximum Gasteiger partial charge on any atom is 0.304 e. The highest BCUT2D eigenvalue weighted by Gasteiger charge is 2.28. The number of aliphatic carboxylic acids is 1. The van der Waals surface area contributed by atoms with Crippen LogP contribution in [0, 0.1) is 11.6 Å². The van der Waals surface area contributed by atoms with Gasteiger partial charge in [-0.05, 0) is 17.7 Å². The number of carbonyl (C=O) groups is 1. The molecule has 0 heterocycles. The normalized spacial score (nSPS) is 12.5. The fraction of sp³-hybridized carbons (Fsp3) is 0.417. The van der Waals surface area contributed by atoms with Crippen molar-refractivity contribution in [3.63, 3.8) is 0 Å². The summed E-state index contributed by atoms with van der Waals surface area (Å²) in [6.45, 7) is 3.02. The van der Waals surface area contributed by atoms with Crippen molar-refractivity contribution in [2.75, 3.05) is 6.26 Å². The van der Waals surface area contributed by atoms with Crippen molar-refractivity contribution in [2.45, 2.75) is 30.6 Å². The lowest BCUT2D eigenvalue weighted by atomic mass is 9.81. The molecule has 0 aromatic heterocycles. The van der Waals surface area contributed by atoms with Gasteiger partial charge in [0.15, 0.2) is 9.84 Å². The Bertz CT molecular complexity index is 598. The molecule has 19 heavy (non-hydrogen) atoms. The van der Waals surface area contributed by atoms with Crippen LogP contribution in [-0.2, 0) is 20.0 Å². The molecule has 0 radical (unpaired) electrons. The van der Waals surface area contributed by atoms with Gasteiger partial charge in [0.25, 0.3) is 0 Å². The number of carboxylic acids is 1. The second-order valence-corrected chi connectivity index (χ2v) is 6.95. The Balaban J connectivity index is 3.41. The van der Waals surface area contributed by atoms with Crippen LogP contribution in [-0.4, -0.2) is 25.7 Å². The topological polar surface area (TPSA) is 71.4 Å². The van der Waals surface area contributed by atoms with Crippen molar-refractivity contribution < 1.29 is 27.1 Å². The highest BCUT2D eigenvalue weighted by Crippen LogP contribution is 2.31. The minimum Gasteiger partial charge on any atom is -0.481 e. The van der Waals surface area contributed by atoms with Crippen molar-refractivity contribution in [1.29, 1.82) is 0 Å². The molecule has 0 saturated heterocycles. The summed E-state index contributed by atoms with van der Waals surface area (Å²) in [6, 6.07) is 1.73. The fourth-order valence-corrected chi connectivity index (χ4v) is 2.61. The van der Waals surface area contributed by atoms with Gasteiger partial charge in [0, 0.05) is 11.7 Å². The first-order valence-corrected chi connectivity index (χ1v) is 7.25. The predicted octanol–water partition coefficient (Wildman–Crippen LogP) is 2.12. The summed E-state index contributed by atoms with van der Waals surface area (Å²) < 4.78 is 49.9. The van der Waals surface area contributed by atoms with Gasteiger partial charge >= 0.3 is 5.97 Å². The SMILES string of the molecule is CC(C)(CC(=O)O)c1cc(F)c(S(C)(=O)=O)c(F)c1. The van der Waals surface area contributed by atoms with Gasteiger partial charge in [0.2, 0.25) is 0 Å². The first-order chi connectivity index (χ1) is 8.45. The van der Waals surface area contributed by atoms with Crippen molar-refractivity contribution in [3.05, 3.63) is 29.3 Å². The standard InChI is InChI=1S/C12H14F2O4S/c1-12(2,6-10(15)16)7-4-8(13)11(9(14)5-7)19(3,17)18/h4-5H,6H2,1-3H3,(H,15,16). The Morgan fingerprint density at radius 3 is 2.00 bits per heavy atom. The molecule has 0 aliphatic heterocycles. The number of sulfone groups is 1. The molecular formula is C12H14F2O4S. The van der Waals surface area contributed by atoms with E-state index in [1.807, 2.05) is 0 Å². The van der Waals surface area contributed by atoms with Crippen molar-refractivity contribution in [2.24, 2.45) is 0 Å². The van der Waals surface area contributed by atoms with Crippen LogP contribution < -0.4 is 0 Å². The summed E-state index contributed by atoms with van der Waals surface area (Å²) in [5.41, 5.74) is -0.916. The molecule has 0 atom stereocenters. The Hall–Kier alpha value is -1.50. The minimum atomic E-state index is -4.02. The molecule has 7 heteroatoms. The van der Waals surface area contributed by atoms with Gasteiger partial charge < -0.3 is 5.11 Å². The van der Waals surface area contributed by atoms with Crippen molar-refractivity contribution in [1.82, 2.24) is 0 Å². The zero-order chi connectivity index (χ0) is 15.0. The summed E-state index contributed by atoms with van der Waals surface area (Å²) in [4.78, 5) is 9.70. The largest absolute Gasteiger partial charge is 0.481 e. The first kappa shape index (κ1) is 15.6. The molecule has 0 aliphatic rings. The monoisotopic (exact) mass is 292 g/mol. The van der Waals surface area contributed by atoms with Crippen molar-refractivity contribution >= 4 is 15.8 Å². The maximum absolute atomic E-state index is 13.7. The molecule has 1 N–H and O–H groups in total. The third-order valence-electron chi connectivity index (χ3n) is 2.74. The van der Waals surface area contributed by atoms with Crippen LogP contribution in [0.5, 0.6) is 0 Å². The van der Waals surface area contributed by atoms with Gasteiger partial charge in [0.05, 0.1) is 6.42 Å². The smallest absolute Gasteiger partial charge is 0.304 e. The molecule has 0 bridgehead atoms. The molecule has 0 unspecified atom stereocenters. The van der Waals surface area contributed by atoms with Crippen LogP contribution in [0.1, 0.15) is 25.8 Å². The zero-order valence-corrected chi connectivity index (χ0v) is 11.5. The average molecular weight is 292 g/mol. The van der Waals surface area contributed by atoms with E-state index in [0.717, 1.165) is 12.1 Å². The lowest BCUT2D eigenvalue weighted by Gasteiger charge is -2.23. The van der Waals surface area contributed by atoms with Crippen LogP contribution in [0.3, 0.4) is 0 Å². The summed E-state index contributed by atoms with van der Waals surface area (Å²) in [7, 11) is -4.02. The van der Waals surface area contributed by atoms with Gasteiger partial charge in [0.1, 0.15) is 16.5 Å². The fourth-order valence-electron chi connectivity index (χ4n) is 1.78. The van der Waals surface area contributed by atoms with Gasteiger partial charge in [-0.1, -0.05) is 13.8 Å². The van der Waals surface area contributed by atoms with Crippen LogP contribution >= 0.6 is 0 Å². The van der Waals surface area contributed by atoms with Gasteiger partial charge in [-0.3, -0.25) is 4.79 Å². The van der Waals surface area contributed by atoms with E-state index in [1.165, 1.54) is 13.8 Å².